The van der Waals surface area contributed by atoms with E-state index in [1.807, 2.05) is 24.3 Å². The van der Waals surface area contributed by atoms with Gasteiger partial charge in [0.15, 0.2) is 0 Å². The van der Waals surface area contributed by atoms with E-state index in [4.69, 9.17) is 4.74 Å². The number of benzene rings is 2. The molecule has 0 fully saturated rings. The molecule has 4 heteroatoms. The van der Waals surface area contributed by atoms with Crippen molar-refractivity contribution in [1.29, 1.82) is 0 Å². The Kier molecular flexibility index (Phi) is 5.61. The van der Waals surface area contributed by atoms with Crippen molar-refractivity contribution in [3.63, 3.8) is 0 Å². The van der Waals surface area contributed by atoms with Gasteiger partial charge in [-0.3, -0.25) is 0 Å². The molecule has 0 aliphatic rings. The molecule has 1 unspecified atom stereocenters. The minimum Gasteiger partial charge on any atom is -0.492 e. The maximum absolute atomic E-state index is 13.8. The van der Waals surface area contributed by atoms with Crippen molar-refractivity contribution < 1.29 is 9.13 Å². The number of rotatable bonds is 5. The van der Waals surface area contributed by atoms with Crippen LogP contribution in [0.4, 0.5) is 4.39 Å². The van der Waals surface area contributed by atoms with Crippen LogP contribution in [0.5, 0.6) is 5.75 Å². The number of halogens is 3. The molecular formula is C16H15Br2FO. The maximum atomic E-state index is 13.8. The fraction of sp³-hybridized carbons (Fsp3) is 0.250. The van der Waals surface area contributed by atoms with E-state index in [0.29, 0.717) is 12.2 Å². The topological polar surface area (TPSA) is 9.23 Å². The van der Waals surface area contributed by atoms with E-state index in [0.717, 1.165) is 22.2 Å². The molecule has 0 N–H and O–H groups in total. The van der Waals surface area contributed by atoms with Gasteiger partial charge >= 0.3 is 0 Å². The number of hydrogen-bond donors (Lipinski definition) is 0. The summed E-state index contributed by atoms with van der Waals surface area (Å²) in [6.07, 6.45) is 0.963. The first-order valence-electron chi connectivity index (χ1n) is 6.44. The SMILES string of the molecule is CCCOc1ccc(C(Br)c2ccccc2F)cc1Br. The van der Waals surface area contributed by atoms with Gasteiger partial charge in [-0.05, 0) is 46.1 Å². The van der Waals surface area contributed by atoms with E-state index in [1.54, 1.807) is 12.1 Å². The fourth-order valence-corrected chi connectivity index (χ4v) is 3.03. The van der Waals surface area contributed by atoms with E-state index in [2.05, 4.69) is 38.8 Å². The molecule has 0 radical (unpaired) electrons. The first-order valence-corrected chi connectivity index (χ1v) is 8.15. The van der Waals surface area contributed by atoms with Crippen LogP contribution in [0.3, 0.4) is 0 Å². The van der Waals surface area contributed by atoms with Gasteiger partial charge in [-0.25, -0.2) is 4.39 Å². The predicted molar refractivity (Wildman–Crippen MR) is 87.1 cm³/mol. The summed E-state index contributed by atoms with van der Waals surface area (Å²) in [6.45, 7) is 2.75. The third-order valence-electron chi connectivity index (χ3n) is 2.89. The number of hydrogen-bond acceptors (Lipinski definition) is 1. The van der Waals surface area contributed by atoms with Gasteiger partial charge < -0.3 is 4.74 Å². The molecule has 0 saturated carbocycles. The summed E-state index contributed by atoms with van der Waals surface area (Å²) >= 11 is 7.05. The number of ether oxygens (including phenoxy) is 1. The molecule has 2 aromatic rings. The van der Waals surface area contributed by atoms with Crippen molar-refractivity contribution >= 4 is 31.9 Å². The molecule has 0 aliphatic heterocycles. The zero-order valence-electron chi connectivity index (χ0n) is 11.1. The zero-order chi connectivity index (χ0) is 14.5. The lowest BCUT2D eigenvalue weighted by atomic mass is 10.0. The predicted octanol–water partition coefficient (Wildman–Crippen LogP) is 5.86. The second kappa shape index (κ2) is 7.23. The van der Waals surface area contributed by atoms with Crippen LogP contribution in [0.2, 0.25) is 0 Å². The molecule has 0 aliphatic carbocycles. The van der Waals surface area contributed by atoms with Crippen molar-refractivity contribution in [3.8, 4) is 5.75 Å². The first kappa shape index (κ1) is 15.5. The van der Waals surface area contributed by atoms with Crippen molar-refractivity contribution in [2.24, 2.45) is 0 Å². The molecule has 0 aromatic heterocycles. The van der Waals surface area contributed by atoms with Gasteiger partial charge in [0.05, 0.1) is 15.9 Å². The Hall–Kier alpha value is -0.870. The highest BCUT2D eigenvalue weighted by atomic mass is 79.9. The molecule has 0 spiro atoms. The molecule has 0 bridgehead atoms. The Morgan fingerprint density at radius 1 is 1.20 bits per heavy atom. The molecule has 2 aromatic carbocycles. The second-order valence-corrected chi connectivity index (χ2v) is 6.19. The third kappa shape index (κ3) is 3.61. The molecule has 106 valence electrons. The summed E-state index contributed by atoms with van der Waals surface area (Å²) < 4.78 is 20.3. The Labute approximate surface area is 135 Å². The van der Waals surface area contributed by atoms with Gasteiger partial charge in [-0.1, -0.05) is 47.1 Å². The molecule has 1 nitrogen and oxygen atoms in total. The summed E-state index contributed by atoms with van der Waals surface area (Å²) in [5.74, 6) is 0.598. The van der Waals surface area contributed by atoms with Crippen LogP contribution < -0.4 is 4.74 Å². The highest BCUT2D eigenvalue weighted by molar-refractivity contribution is 9.10. The lowest BCUT2D eigenvalue weighted by molar-refractivity contribution is 0.315. The Morgan fingerprint density at radius 2 is 1.95 bits per heavy atom. The quantitative estimate of drug-likeness (QED) is 0.570. The lowest BCUT2D eigenvalue weighted by Gasteiger charge is -2.14. The fourth-order valence-electron chi connectivity index (χ4n) is 1.86. The van der Waals surface area contributed by atoms with Crippen molar-refractivity contribution in [1.82, 2.24) is 0 Å². The molecule has 0 heterocycles. The van der Waals surface area contributed by atoms with Crippen LogP contribution in [-0.4, -0.2) is 6.61 Å². The van der Waals surface area contributed by atoms with Gasteiger partial charge in [0.1, 0.15) is 11.6 Å². The normalized spacial score (nSPS) is 12.2. The molecule has 1 atom stereocenters. The average molecular weight is 402 g/mol. The summed E-state index contributed by atoms with van der Waals surface area (Å²) in [7, 11) is 0. The Balaban J connectivity index is 2.25. The largest absolute Gasteiger partial charge is 0.492 e. The second-order valence-electron chi connectivity index (χ2n) is 4.42. The smallest absolute Gasteiger partial charge is 0.133 e. The molecule has 0 saturated heterocycles. The van der Waals surface area contributed by atoms with Crippen LogP contribution in [0.25, 0.3) is 0 Å². The Morgan fingerprint density at radius 3 is 2.60 bits per heavy atom. The molecular weight excluding hydrogens is 387 g/mol. The number of alkyl halides is 1. The van der Waals surface area contributed by atoms with E-state index < -0.39 is 0 Å². The maximum Gasteiger partial charge on any atom is 0.133 e. The Bertz CT molecular complexity index is 586. The van der Waals surface area contributed by atoms with E-state index in [1.165, 1.54) is 6.07 Å². The van der Waals surface area contributed by atoms with Crippen LogP contribution in [-0.2, 0) is 0 Å². The van der Waals surface area contributed by atoms with E-state index >= 15 is 0 Å². The van der Waals surface area contributed by atoms with Crippen molar-refractivity contribution in [2.75, 3.05) is 6.61 Å². The summed E-state index contributed by atoms with van der Waals surface area (Å²) in [5.41, 5.74) is 1.60. The van der Waals surface area contributed by atoms with Crippen LogP contribution in [0.15, 0.2) is 46.9 Å². The average Bonchev–Trinajstić information content (AvgIpc) is 2.46. The molecule has 0 amide bonds. The summed E-state index contributed by atoms with van der Waals surface area (Å²) in [4.78, 5) is -0.180. The van der Waals surface area contributed by atoms with Crippen LogP contribution >= 0.6 is 31.9 Å². The summed E-state index contributed by atoms with van der Waals surface area (Å²) in [5, 5.41) is 0. The van der Waals surface area contributed by atoms with Gasteiger partial charge in [0.25, 0.3) is 0 Å². The van der Waals surface area contributed by atoms with Gasteiger partial charge in [-0.2, -0.15) is 0 Å². The summed E-state index contributed by atoms with van der Waals surface area (Å²) in [6, 6.07) is 12.6. The zero-order valence-corrected chi connectivity index (χ0v) is 14.2. The van der Waals surface area contributed by atoms with Crippen molar-refractivity contribution in [3.05, 3.63) is 63.9 Å². The van der Waals surface area contributed by atoms with Gasteiger partial charge in [0.2, 0.25) is 0 Å². The van der Waals surface area contributed by atoms with Crippen LogP contribution in [0, 0.1) is 5.82 Å². The highest BCUT2D eigenvalue weighted by Gasteiger charge is 2.15. The van der Waals surface area contributed by atoms with Crippen LogP contribution in [0.1, 0.15) is 29.3 Å². The van der Waals surface area contributed by atoms with Gasteiger partial charge in [-0.15, -0.1) is 0 Å². The minimum absolute atomic E-state index is 0.180. The molecule has 2 rings (SSSR count). The highest BCUT2D eigenvalue weighted by Crippen LogP contribution is 2.36. The van der Waals surface area contributed by atoms with E-state index in [-0.39, 0.29) is 10.6 Å². The first-order chi connectivity index (χ1) is 9.63. The third-order valence-corrected chi connectivity index (χ3v) is 4.53. The minimum atomic E-state index is -0.211. The lowest BCUT2D eigenvalue weighted by Crippen LogP contribution is -1.99. The van der Waals surface area contributed by atoms with Crippen molar-refractivity contribution in [2.45, 2.75) is 18.2 Å². The van der Waals surface area contributed by atoms with Gasteiger partial charge in [0, 0.05) is 5.56 Å². The monoisotopic (exact) mass is 400 g/mol. The van der Waals surface area contributed by atoms with E-state index in [9.17, 15) is 4.39 Å². The standard InChI is InChI=1S/C16H15Br2FO/c1-2-9-20-15-8-7-11(10-13(15)17)16(18)12-5-3-4-6-14(12)19/h3-8,10,16H,2,9H2,1H3. The molecule has 20 heavy (non-hydrogen) atoms.